The Morgan fingerprint density at radius 1 is 1.21 bits per heavy atom. The normalized spacial score (nSPS) is 14.5. The molecule has 3 rings (SSSR count). The number of carbonyl (C=O) groups is 2. The van der Waals surface area contributed by atoms with Gasteiger partial charge in [0.05, 0.1) is 12.2 Å². The number of halogens is 1. The molecule has 29 heavy (non-hydrogen) atoms. The third kappa shape index (κ3) is 4.94. The molecule has 2 aromatic rings. The number of hydrogen-bond acceptors (Lipinski definition) is 7. The molecule has 1 aliphatic heterocycles. The number of ether oxygens (including phenoxy) is 2. The SMILES string of the molecule is CCOC(=O)C1=C(Nc2ccc(Br)cc2)OC/C1=N/NC(=O)c1ccccc1O. The van der Waals surface area contributed by atoms with Crippen LogP contribution in [-0.4, -0.2) is 35.9 Å². The van der Waals surface area contributed by atoms with Gasteiger partial charge < -0.3 is 19.9 Å². The van der Waals surface area contributed by atoms with E-state index in [9.17, 15) is 14.7 Å². The van der Waals surface area contributed by atoms with Gasteiger partial charge in [-0.1, -0.05) is 28.1 Å². The van der Waals surface area contributed by atoms with Crippen molar-refractivity contribution in [1.29, 1.82) is 0 Å². The second-order valence-electron chi connectivity index (χ2n) is 5.86. The molecule has 0 radical (unpaired) electrons. The van der Waals surface area contributed by atoms with E-state index in [4.69, 9.17) is 9.47 Å². The first-order valence-electron chi connectivity index (χ1n) is 8.71. The highest BCUT2D eigenvalue weighted by Gasteiger charge is 2.31. The molecular weight excluding hydrogens is 442 g/mol. The van der Waals surface area contributed by atoms with Gasteiger partial charge in [-0.15, -0.1) is 0 Å². The third-order valence-electron chi connectivity index (χ3n) is 3.89. The Bertz CT molecular complexity index is 986. The standard InChI is InChI=1S/C20H18BrN3O5/c1-2-28-20(27)17-15(23-24-18(26)14-5-3-4-6-16(14)25)11-29-19(17)22-13-9-7-12(21)8-10-13/h3-10,22,25H,2,11H2,1H3,(H,24,26)/b23-15-. The van der Waals surface area contributed by atoms with Crippen molar-refractivity contribution >= 4 is 39.2 Å². The van der Waals surface area contributed by atoms with E-state index in [1.54, 1.807) is 31.2 Å². The number of amides is 1. The molecule has 0 bridgehead atoms. The van der Waals surface area contributed by atoms with E-state index in [0.717, 1.165) is 4.47 Å². The number of hydrogen-bond donors (Lipinski definition) is 3. The number of carbonyl (C=O) groups excluding carboxylic acids is 2. The van der Waals surface area contributed by atoms with Gasteiger partial charge in [-0.25, -0.2) is 10.2 Å². The van der Waals surface area contributed by atoms with Crippen molar-refractivity contribution < 1.29 is 24.2 Å². The molecule has 2 aromatic carbocycles. The van der Waals surface area contributed by atoms with Crippen LogP contribution in [-0.2, 0) is 14.3 Å². The minimum absolute atomic E-state index is 0.0337. The molecule has 0 atom stereocenters. The first-order chi connectivity index (χ1) is 14.0. The van der Waals surface area contributed by atoms with Gasteiger partial charge in [-0.05, 0) is 43.3 Å². The van der Waals surface area contributed by atoms with Gasteiger partial charge in [0.15, 0.2) is 0 Å². The summed E-state index contributed by atoms with van der Waals surface area (Å²) in [5, 5.41) is 16.8. The Kier molecular flexibility index (Phi) is 6.50. The number of benzene rings is 2. The van der Waals surface area contributed by atoms with Gasteiger partial charge >= 0.3 is 5.97 Å². The van der Waals surface area contributed by atoms with E-state index < -0.39 is 11.9 Å². The van der Waals surface area contributed by atoms with Gasteiger partial charge in [0.2, 0.25) is 5.88 Å². The highest BCUT2D eigenvalue weighted by molar-refractivity contribution is 9.10. The van der Waals surface area contributed by atoms with E-state index in [0.29, 0.717) is 5.69 Å². The number of phenols is 1. The molecule has 3 N–H and O–H groups in total. The van der Waals surface area contributed by atoms with Crippen LogP contribution in [0.15, 0.2) is 69.6 Å². The lowest BCUT2D eigenvalue weighted by atomic mass is 10.2. The highest BCUT2D eigenvalue weighted by Crippen LogP contribution is 2.23. The van der Waals surface area contributed by atoms with Crippen LogP contribution in [0.3, 0.4) is 0 Å². The van der Waals surface area contributed by atoms with Crippen LogP contribution < -0.4 is 10.7 Å². The first kappa shape index (κ1) is 20.4. The Balaban J connectivity index is 1.85. The Labute approximate surface area is 175 Å². The van der Waals surface area contributed by atoms with E-state index >= 15 is 0 Å². The van der Waals surface area contributed by atoms with Gasteiger partial charge in [-0.2, -0.15) is 5.10 Å². The molecule has 8 nitrogen and oxygen atoms in total. The lowest BCUT2D eigenvalue weighted by Crippen LogP contribution is -2.23. The number of para-hydroxylation sites is 1. The molecule has 1 heterocycles. The number of hydrazone groups is 1. The predicted molar refractivity (Wildman–Crippen MR) is 110 cm³/mol. The summed E-state index contributed by atoms with van der Waals surface area (Å²) in [6, 6.07) is 13.3. The van der Waals surface area contributed by atoms with E-state index in [1.807, 2.05) is 12.1 Å². The van der Waals surface area contributed by atoms with Gasteiger partial charge in [0.1, 0.15) is 23.6 Å². The fourth-order valence-electron chi connectivity index (χ4n) is 2.52. The summed E-state index contributed by atoms with van der Waals surface area (Å²) in [5.74, 6) is -1.23. The molecule has 0 fully saturated rings. The molecule has 150 valence electrons. The Morgan fingerprint density at radius 2 is 1.93 bits per heavy atom. The van der Waals surface area contributed by atoms with Crippen molar-refractivity contribution in [3.05, 3.63) is 70.0 Å². The quantitative estimate of drug-likeness (QED) is 0.452. The smallest absolute Gasteiger partial charge is 0.345 e. The van der Waals surface area contributed by atoms with Crippen molar-refractivity contribution in [2.75, 3.05) is 18.5 Å². The molecule has 0 aliphatic carbocycles. The van der Waals surface area contributed by atoms with Crippen molar-refractivity contribution in [1.82, 2.24) is 5.43 Å². The van der Waals surface area contributed by atoms with Crippen molar-refractivity contribution in [2.45, 2.75) is 6.92 Å². The number of rotatable bonds is 6. The zero-order chi connectivity index (χ0) is 20.8. The van der Waals surface area contributed by atoms with Crippen LogP contribution in [0.1, 0.15) is 17.3 Å². The summed E-state index contributed by atoms with van der Waals surface area (Å²) >= 11 is 3.36. The van der Waals surface area contributed by atoms with Crippen molar-refractivity contribution in [2.24, 2.45) is 5.10 Å². The van der Waals surface area contributed by atoms with Gasteiger partial charge in [0.25, 0.3) is 5.91 Å². The maximum absolute atomic E-state index is 12.4. The maximum Gasteiger partial charge on any atom is 0.345 e. The number of phenolic OH excluding ortho intramolecular Hbond substituents is 1. The average Bonchev–Trinajstić information content (AvgIpc) is 3.11. The Hall–Kier alpha value is -3.33. The molecule has 0 spiro atoms. The summed E-state index contributed by atoms with van der Waals surface area (Å²) in [7, 11) is 0. The fraction of sp³-hybridized carbons (Fsp3) is 0.150. The topological polar surface area (TPSA) is 109 Å². The summed E-state index contributed by atoms with van der Waals surface area (Å²) in [6.45, 7) is 1.83. The molecule has 0 aromatic heterocycles. The summed E-state index contributed by atoms with van der Waals surface area (Å²) in [5.41, 5.74) is 3.38. The van der Waals surface area contributed by atoms with Crippen molar-refractivity contribution in [3.63, 3.8) is 0 Å². The monoisotopic (exact) mass is 459 g/mol. The number of anilines is 1. The summed E-state index contributed by atoms with van der Waals surface area (Å²) in [4.78, 5) is 24.7. The second kappa shape index (κ2) is 9.24. The number of esters is 1. The van der Waals surface area contributed by atoms with Crippen LogP contribution in [0.5, 0.6) is 5.75 Å². The number of nitrogens with zero attached hydrogens (tertiary/aromatic N) is 1. The molecule has 0 saturated carbocycles. The molecule has 1 amide bonds. The lowest BCUT2D eigenvalue weighted by Gasteiger charge is -2.09. The van der Waals surface area contributed by atoms with Crippen LogP contribution in [0, 0.1) is 0 Å². The molecular formula is C20H18BrN3O5. The fourth-order valence-corrected chi connectivity index (χ4v) is 2.79. The van der Waals surface area contributed by atoms with Crippen LogP contribution in [0.4, 0.5) is 5.69 Å². The lowest BCUT2D eigenvalue weighted by molar-refractivity contribution is -0.137. The highest BCUT2D eigenvalue weighted by atomic mass is 79.9. The first-order valence-corrected chi connectivity index (χ1v) is 9.51. The minimum atomic E-state index is -0.625. The largest absolute Gasteiger partial charge is 0.507 e. The number of nitrogens with one attached hydrogen (secondary N) is 2. The maximum atomic E-state index is 12.4. The predicted octanol–water partition coefficient (Wildman–Crippen LogP) is 3.16. The Morgan fingerprint density at radius 3 is 2.62 bits per heavy atom. The van der Waals surface area contributed by atoms with E-state index in [1.165, 1.54) is 12.1 Å². The summed E-state index contributed by atoms with van der Waals surface area (Å²) < 4.78 is 11.6. The molecule has 1 aliphatic rings. The molecule has 0 unspecified atom stereocenters. The van der Waals surface area contributed by atoms with Crippen LogP contribution in [0.2, 0.25) is 0 Å². The average molecular weight is 460 g/mol. The van der Waals surface area contributed by atoms with E-state index in [-0.39, 0.29) is 41.7 Å². The van der Waals surface area contributed by atoms with Crippen LogP contribution >= 0.6 is 15.9 Å². The van der Waals surface area contributed by atoms with E-state index in [2.05, 4.69) is 31.8 Å². The number of aromatic hydroxyl groups is 1. The van der Waals surface area contributed by atoms with Gasteiger partial charge in [0, 0.05) is 10.2 Å². The summed E-state index contributed by atoms with van der Waals surface area (Å²) in [6.07, 6.45) is 0. The second-order valence-corrected chi connectivity index (χ2v) is 6.78. The molecule has 0 saturated heterocycles. The third-order valence-corrected chi connectivity index (χ3v) is 4.42. The molecule has 9 heteroatoms. The zero-order valence-electron chi connectivity index (χ0n) is 15.4. The minimum Gasteiger partial charge on any atom is -0.507 e. The van der Waals surface area contributed by atoms with Crippen LogP contribution in [0.25, 0.3) is 0 Å². The van der Waals surface area contributed by atoms with Gasteiger partial charge in [-0.3, -0.25) is 4.79 Å². The zero-order valence-corrected chi connectivity index (χ0v) is 17.0. The van der Waals surface area contributed by atoms with Crippen molar-refractivity contribution in [3.8, 4) is 5.75 Å².